The van der Waals surface area contributed by atoms with Crippen molar-refractivity contribution in [2.24, 2.45) is 0 Å². The van der Waals surface area contributed by atoms with Crippen LogP contribution in [0.5, 0.6) is 11.5 Å². The number of carbonyl (C=O) groups excluding carboxylic acids is 2. The molecule has 0 radical (unpaired) electrons. The van der Waals surface area contributed by atoms with E-state index < -0.39 is 4.93 Å². The molecule has 0 bridgehead atoms. The number of amides is 1. The molecule has 1 unspecified atom stereocenters. The van der Waals surface area contributed by atoms with Gasteiger partial charge in [0.15, 0.2) is 4.93 Å². The molecule has 2 aromatic carbocycles. The largest absolute Gasteiger partial charge is 0.476 e. The maximum Gasteiger partial charge on any atom is 0.308 e. The van der Waals surface area contributed by atoms with E-state index >= 15 is 0 Å². The minimum Gasteiger partial charge on any atom is -0.476 e. The van der Waals surface area contributed by atoms with Crippen LogP contribution in [0.2, 0.25) is 0 Å². The summed E-state index contributed by atoms with van der Waals surface area (Å²) in [7, 11) is 0. The van der Waals surface area contributed by atoms with Gasteiger partial charge < -0.3 is 19.3 Å². The van der Waals surface area contributed by atoms with Crippen molar-refractivity contribution in [3.8, 4) is 11.5 Å². The third kappa shape index (κ3) is 4.83. The van der Waals surface area contributed by atoms with Crippen LogP contribution in [0.1, 0.15) is 42.5 Å². The maximum atomic E-state index is 13.2. The zero-order valence-corrected chi connectivity index (χ0v) is 20.9. The summed E-state index contributed by atoms with van der Waals surface area (Å²) in [5.74, 6) is 1.13. The van der Waals surface area contributed by atoms with Gasteiger partial charge in [0.1, 0.15) is 11.5 Å². The summed E-state index contributed by atoms with van der Waals surface area (Å²) in [6, 6.07) is 10.3. The van der Waals surface area contributed by atoms with Gasteiger partial charge in [-0.1, -0.05) is 18.2 Å². The monoisotopic (exact) mass is 468 g/mol. The predicted molar refractivity (Wildman–Crippen MR) is 133 cm³/mol. The maximum absolute atomic E-state index is 13.2. The van der Waals surface area contributed by atoms with Gasteiger partial charge in [0, 0.05) is 50.8 Å². The van der Waals surface area contributed by atoms with Gasteiger partial charge in [-0.25, -0.2) is 0 Å². The van der Waals surface area contributed by atoms with Gasteiger partial charge in [-0.3, -0.25) is 9.59 Å². The highest BCUT2D eigenvalue weighted by molar-refractivity contribution is 8.14. The Morgan fingerprint density at radius 1 is 1.00 bits per heavy atom. The van der Waals surface area contributed by atoms with Crippen LogP contribution in [0.4, 0.5) is 10.5 Å². The summed E-state index contributed by atoms with van der Waals surface area (Å²) in [6.07, 6.45) is 1.48. The first-order valence-electron chi connectivity index (χ1n) is 11.5. The fourth-order valence-corrected chi connectivity index (χ4v) is 5.63. The summed E-state index contributed by atoms with van der Waals surface area (Å²) >= 11 is 1.29. The Kier molecular flexibility index (Phi) is 6.61. The highest BCUT2D eigenvalue weighted by atomic mass is 32.2. The molecule has 1 atom stereocenters. The molecule has 2 aliphatic rings. The molecular formula is C26H32N2O4S. The summed E-state index contributed by atoms with van der Waals surface area (Å²) in [6.45, 7) is 12.4. The fraction of sp³-hybridized carbons (Fsp3) is 0.462. The highest BCUT2D eigenvalue weighted by Gasteiger charge is 2.39. The van der Waals surface area contributed by atoms with E-state index in [0.717, 1.165) is 47.5 Å². The SMILES string of the molecule is CC(=O)Oc1c(C)c(C)c2c(c1C)CCC(C)(SC(=O)N1CCN(c3ccccc3)CC1)O2. The summed E-state index contributed by atoms with van der Waals surface area (Å²) < 4.78 is 12.0. The molecule has 1 saturated heterocycles. The van der Waals surface area contributed by atoms with Crippen LogP contribution in [0.3, 0.4) is 0 Å². The Morgan fingerprint density at radius 3 is 2.30 bits per heavy atom. The second kappa shape index (κ2) is 9.29. The van der Waals surface area contributed by atoms with Gasteiger partial charge in [0.25, 0.3) is 5.24 Å². The molecule has 0 N–H and O–H groups in total. The van der Waals surface area contributed by atoms with Crippen LogP contribution >= 0.6 is 11.8 Å². The van der Waals surface area contributed by atoms with Gasteiger partial charge in [0.2, 0.25) is 0 Å². The van der Waals surface area contributed by atoms with E-state index in [9.17, 15) is 9.59 Å². The summed E-state index contributed by atoms with van der Waals surface area (Å²) in [4.78, 5) is 28.3. The van der Waals surface area contributed by atoms with Gasteiger partial charge >= 0.3 is 5.97 Å². The smallest absolute Gasteiger partial charge is 0.308 e. The molecule has 2 aliphatic heterocycles. The van der Waals surface area contributed by atoms with Crippen molar-refractivity contribution in [2.45, 2.75) is 52.4 Å². The number of benzene rings is 2. The molecule has 7 heteroatoms. The zero-order chi connectivity index (χ0) is 23.8. The summed E-state index contributed by atoms with van der Waals surface area (Å²) in [5, 5.41) is 0.0660. The number of fused-ring (bicyclic) bond motifs is 1. The fourth-order valence-electron chi connectivity index (χ4n) is 4.62. The molecule has 0 aromatic heterocycles. The van der Waals surface area contributed by atoms with Crippen molar-refractivity contribution in [3.63, 3.8) is 0 Å². The van der Waals surface area contributed by atoms with Gasteiger partial charge in [-0.05, 0) is 74.7 Å². The Hall–Kier alpha value is -2.67. The number of nitrogens with zero attached hydrogens (tertiary/aromatic N) is 2. The van der Waals surface area contributed by atoms with Crippen molar-refractivity contribution in [3.05, 3.63) is 52.6 Å². The minimum atomic E-state index is -0.632. The number of esters is 1. The first kappa shape index (κ1) is 23.5. The Bertz CT molecular complexity index is 1060. The van der Waals surface area contributed by atoms with Crippen LogP contribution < -0.4 is 14.4 Å². The Labute approximate surface area is 200 Å². The number of carbonyl (C=O) groups is 2. The van der Waals surface area contributed by atoms with E-state index in [-0.39, 0.29) is 11.2 Å². The molecular weight excluding hydrogens is 436 g/mol. The van der Waals surface area contributed by atoms with Crippen LogP contribution in [-0.4, -0.2) is 47.2 Å². The van der Waals surface area contributed by atoms with Gasteiger partial charge in [0.05, 0.1) is 0 Å². The topological polar surface area (TPSA) is 59.1 Å². The number of hydrogen-bond donors (Lipinski definition) is 0. The predicted octanol–water partition coefficient (Wildman–Crippen LogP) is 5.25. The molecule has 0 saturated carbocycles. The Morgan fingerprint density at radius 2 is 1.67 bits per heavy atom. The van der Waals surface area contributed by atoms with Crippen molar-refractivity contribution in [1.82, 2.24) is 4.90 Å². The molecule has 0 spiro atoms. The molecule has 0 aliphatic carbocycles. The Balaban J connectivity index is 1.44. The van der Waals surface area contributed by atoms with Crippen LogP contribution in [0, 0.1) is 20.8 Å². The van der Waals surface area contributed by atoms with E-state index in [1.807, 2.05) is 50.8 Å². The van der Waals surface area contributed by atoms with Gasteiger partial charge in [-0.15, -0.1) is 0 Å². The van der Waals surface area contributed by atoms with E-state index in [4.69, 9.17) is 9.47 Å². The van der Waals surface area contributed by atoms with Crippen LogP contribution in [0.15, 0.2) is 30.3 Å². The lowest BCUT2D eigenvalue weighted by Gasteiger charge is -2.40. The molecule has 6 nitrogen and oxygen atoms in total. The van der Waals surface area contributed by atoms with E-state index in [0.29, 0.717) is 25.3 Å². The number of hydrogen-bond acceptors (Lipinski definition) is 6. The standard InChI is InChI=1S/C26H32N2O4S/c1-17-18(2)24-22(19(3)23(17)31-20(4)29)11-12-26(5,32-24)33-25(30)28-15-13-27(14-16-28)21-9-7-6-8-10-21/h6-10H,11-16H2,1-5H3. The molecule has 1 amide bonds. The van der Waals surface area contributed by atoms with Crippen LogP contribution in [-0.2, 0) is 11.2 Å². The second-order valence-corrected chi connectivity index (χ2v) is 10.4. The lowest BCUT2D eigenvalue weighted by atomic mass is 9.91. The average molecular weight is 469 g/mol. The van der Waals surface area contributed by atoms with Gasteiger partial charge in [-0.2, -0.15) is 0 Å². The second-order valence-electron chi connectivity index (χ2n) is 9.02. The van der Waals surface area contributed by atoms with E-state index in [1.54, 1.807) is 0 Å². The lowest BCUT2D eigenvalue weighted by Crippen LogP contribution is -2.49. The van der Waals surface area contributed by atoms with Crippen LogP contribution in [0.25, 0.3) is 0 Å². The number of thioether (sulfide) groups is 1. The third-order valence-corrected chi connectivity index (χ3v) is 7.82. The number of para-hydroxylation sites is 1. The number of anilines is 1. The molecule has 33 heavy (non-hydrogen) atoms. The van der Waals surface area contributed by atoms with Crippen molar-refractivity contribution < 1.29 is 19.1 Å². The molecule has 1 fully saturated rings. The highest BCUT2D eigenvalue weighted by Crippen LogP contribution is 2.47. The number of piperazine rings is 1. The van der Waals surface area contributed by atoms with Crippen molar-refractivity contribution >= 4 is 28.7 Å². The van der Waals surface area contributed by atoms with E-state index in [1.165, 1.54) is 24.4 Å². The molecule has 176 valence electrons. The number of ether oxygens (including phenoxy) is 2. The minimum absolute atomic E-state index is 0.0660. The molecule has 2 heterocycles. The average Bonchev–Trinajstić information content (AvgIpc) is 2.80. The zero-order valence-electron chi connectivity index (χ0n) is 20.1. The van der Waals surface area contributed by atoms with Crippen molar-refractivity contribution in [1.29, 1.82) is 0 Å². The normalized spacial score (nSPS) is 20.2. The first-order valence-corrected chi connectivity index (χ1v) is 12.3. The number of rotatable bonds is 3. The third-order valence-electron chi connectivity index (χ3n) is 6.67. The first-order chi connectivity index (χ1) is 15.7. The quantitative estimate of drug-likeness (QED) is 0.453. The molecule has 4 rings (SSSR count). The lowest BCUT2D eigenvalue weighted by molar-refractivity contribution is -0.132. The van der Waals surface area contributed by atoms with E-state index in [2.05, 4.69) is 17.0 Å². The summed E-state index contributed by atoms with van der Waals surface area (Å²) in [5.41, 5.74) is 5.07. The van der Waals surface area contributed by atoms with Crippen molar-refractivity contribution in [2.75, 3.05) is 31.1 Å². The molecule has 2 aromatic rings.